The van der Waals surface area contributed by atoms with Crippen molar-refractivity contribution in [2.45, 2.75) is 76.0 Å². The second-order valence-electron chi connectivity index (χ2n) is 7.00. The van der Waals surface area contributed by atoms with Gasteiger partial charge in [-0.1, -0.05) is 13.8 Å². The predicted molar refractivity (Wildman–Crippen MR) is 81.9 cm³/mol. The number of nitrogens with zero attached hydrogens (tertiary/aromatic N) is 1. The average molecular weight is 284 g/mol. The van der Waals surface area contributed by atoms with Gasteiger partial charge in [-0.15, -0.1) is 0 Å². The minimum atomic E-state index is -0.0729. The Balaban J connectivity index is 1.97. The topological polar surface area (TPSA) is 44.7 Å². The number of rotatable bonds is 5. The molecular weight excluding hydrogens is 252 g/mol. The molecule has 0 bridgehead atoms. The van der Waals surface area contributed by atoms with Crippen molar-refractivity contribution in [1.82, 2.24) is 10.2 Å². The van der Waals surface area contributed by atoms with Crippen LogP contribution in [0.4, 0.5) is 0 Å². The Hall–Kier alpha value is -0.160. The highest BCUT2D eigenvalue weighted by molar-refractivity contribution is 4.97. The first-order valence-electron chi connectivity index (χ1n) is 8.24. The zero-order valence-corrected chi connectivity index (χ0v) is 13.4. The van der Waals surface area contributed by atoms with Gasteiger partial charge in [0.2, 0.25) is 0 Å². The van der Waals surface area contributed by atoms with Gasteiger partial charge in [0.15, 0.2) is 0 Å². The van der Waals surface area contributed by atoms with E-state index in [-0.39, 0.29) is 12.1 Å². The Morgan fingerprint density at radius 3 is 2.55 bits per heavy atom. The van der Waals surface area contributed by atoms with E-state index in [1.807, 2.05) is 0 Å². The molecule has 0 amide bonds. The van der Waals surface area contributed by atoms with Crippen molar-refractivity contribution < 1.29 is 9.84 Å². The van der Waals surface area contributed by atoms with Crippen LogP contribution in [0.2, 0.25) is 0 Å². The van der Waals surface area contributed by atoms with Crippen LogP contribution >= 0.6 is 0 Å². The molecule has 2 atom stereocenters. The predicted octanol–water partition coefficient (Wildman–Crippen LogP) is 1.77. The third-order valence-corrected chi connectivity index (χ3v) is 5.06. The second kappa shape index (κ2) is 7.21. The molecule has 0 aromatic carbocycles. The van der Waals surface area contributed by atoms with Crippen LogP contribution in [0, 0.1) is 0 Å². The van der Waals surface area contributed by atoms with Crippen molar-refractivity contribution in [2.75, 3.05) is 26.9 Å². The molecule has 20 heavy (non-hydrogen) atoms. The first-order valence-corrected chi connectivity index (χ1v) is 8.24. The fourth-order valence-electron chi connectivity index (χ4n) is 4.00. The van der Waals surface area contributed by atoms with Crippen molar-refractivity contribution in [3.8, 4) is 0 Å². The van der Waals surface area contributed by atoms with E-state index in [2.05, 4.69) is 31.1 Å². The summed E-state index contributed by atoms with van der Waals surface area (Å²) in [7, 11) is 2.27. The summed E-state index contributed by atoms with van der Waals surface area (Å²) in [5.74, 6) is 0. The van der Waals surface area contributed by atoms with E-state index in [0.29, 0.717) is 18.1 Å². The minimum absolute atomic E-state index is 0.0729. The molecule has 1 aliphatic carbocycles. The zero-order valence-electron chi connectivity index (χ0n) is 13.4. The van der Waals surface area contributed by atoms with Gasteiger partial charge in [-0.3, -0.25) is 0 Å². The van der Waals surface area contributed by atoms with Crippen LogP contribution in [0.25, 0.3) is 0 Å². The lowest BCUT2D eigenvalue weighted by Gasteiger charge is -2.47. The van der Waals surface area contributed by atoms with Crippen LogP contribution in [0.1, 0.15) is 52.4 Å². The van der Waals surface area contributed by atoms with E-state index in [4.69, 9.17) is 4.74 Å². The van der Waals surface area contributed by atoms with Gasteiger partial charge in [0.1, 0.15) is 0 Å². The van der Waals surface area contributed by atoms with Gasteiger partial charge in [0.05, 0.1) is 6.61 Å². The molecule has 2 N–H and O–H groups in total. The van der Waals surface area contributed by atoms with Gasteiger partial charge in [-0.25, -0.2) is 0 Å². The molecule has 118 valence electrons. The van der Waals surface area contributed by atoms with Crippen molar-refractivity contribution in [2.24, 2.45) is 0 Å². The molecule has 2 unspecified atom stereocenters. The summed E-state index contributed by atoms with van der Waals surface area (Å²) in [5, 5.41) is 13.5. The monoisotopic (exact) mass is 284 g/mol. The first kappa shape index (κ1) is 16.2. The SMILES string of the molecule is CC(C)NC1(CO)CCCC(N(C)C2CCOCC2)C1. The Kier molecular flexibility index (Phi) is 5.84. The maximum Gasteiger partial charge on any atom is 0.0613 e. The van der Waals surface area contributed by atoms with E-state index in [9.17, 15) is 5.11 Å². The van der Waals surface area contributed by atoms with Crippen LogP contribution in [-0.4, -0.2) is 60.5 Å². The maximum atomic E-state index is 9.90. The van der Waals surface area contributed by atoms with E-state index in [1.165, 1.54) is 12.8 Å². The smallest absolute Gasteiger partial charge is 0.0613 e. The summed E-state index contributed by atoms with van der Waals surface area (Å²) in [6.07, 6.45) is 6.93. The number of ether oxygens (including phenoxy) is 1. The van der Waals surface area contributed by atoms with Crippen LogP contribution in [0.15, 0.2) is 0 Å². The van der Waals surface area contributed by atoms with E-state index in [1.54, 1.807) is 0 Å². The molecule has 2 fully saturated rings. The molecule has 1 saturated heterocycles. The summed E-state index contributed by atoms with van der Waals surface area (Å²) in [6.45, 7) is 6.39. The standard InChI is InChI=1S/C16H32N2O2/c1-13(2)17-16(12-19)8-4-5-15(11-16)18(3)14-6-9-20-10-7-14/h13-15,17,19H,4-12H2,1-3H3. The van der Waals surface area contributed by atoms with E-state index in [0.717, 1.165) is 38.9 Å². The van der Waals surface area contributed by atoms with Gasteiger partial charge in [0, 0.05) is 36.9 Å². The molecule has 0 spiro atoms. The van der Waals surface area contributed by atoms with Crippen LogP contribution < -0.4 is 5.32 Å². The molecule has 1 saturated carbocycles. The van der Waals surface area contributed by atoms with Crippen molar-refractivity contribution in [3.63, 3.8) is 0 Å². The fourth-order valence-corrected chi connectivity index (χ4v) is 4.00. The van der Waals surface area contributed by atoms with E-state index >= 15 is 0 Å². The van der Waals surface area contributed by atoms with Gasteiger partial charge < -0.3 is 20.1 Å². The Bertz CT molecular complexity index is 292. The number of hydrogen-bond donors (Lipinski definition) is 2. The second-order valence-corrected chi connectivity index (χ2v) is 7.00. The quantitative estimate of drug-likeness (QED) is 0.807. The van der Waals surface area contributed by atoms with E-state index < -0.39 is 0 Å². The van der Waals surface area contributed by atoms with Crippen LogP contribution in [0.5, 0.6) is 0 Å². The average Bonchev–Trinajstić information content (AvgIpc) is 2.47. The third kappa shape index (κ3) is 3.94. The number of aliphatic hydroxyl groups is 1. The number of nitrogens with one attached hydrogen (secondary N) is 1. The molecule has 0 aromatic rings. The molecule has 1 aliphatic heterocycles. The first-order chi connectivity index (χ1) is 9.56. The minimum Gasteiger partial charge on any atom is -0.394 e. The van der Waals surface area contributed by atoms with Crippen molar-refractivity contribution in [1.29, 1.82) is 0 Å². The third-order valence-electron chi connectivity index (χ3n) is 5.06. The summed E-state index contributed by atoms with van der Waals surface area (Å²) in [6, 6.07) is 1.67. The van der Waals surface area contributed by atoms with Crippen molar-refractivity contribution >= 4 is 0 Å². The lowest BCUT2D eigenvalue weighted by atomic mass is 9.78. The lowest BCUT2D eigenvalue weighted by molar-refractivity contribution is 0.00235. The molecule has 2 aliphatic rings. The van der Waals surface area contributed by atoms with Gasteiger partial charge in [0.25, 0.3) is 0 Å². The molecule has 4 heteroatoms. The van der Waals surface area contributed by atoms with Gasteiger partial charge >= 0.3 is 0 Å². The fraction of sp³-hybridized carbons (Fsp3) is 1.00. The lowest BCUT2D eigenvalue weighted by Crippen LogP contribution is -2.58. The molecule has 0 radical (unpaired) electrons. The summed E-state index contributed by atoms with van der Waals surface area (Å²) >= 11 is 0. The molecular formula is C16H32N2O2. The molecule has 4 nitrogen and oxygen atoms in total. The Morgan fingerprint density at radius 1 is 1.25 bits per heavy atom. The largest absolute Gasteiger partial charge is 0.394 e. The van der Waals surface area contributed by atoms with Crippen molar-refractivity contribution in [3.05, 3.63) is 0 Å². The normalized spacial score (nSPS) is 33.0. The summed E-state index contributed by atoms with van der Waals surface area (Å²) in [4.78, 5) is 2.56. The summed E-state index contributed by atoms with van der Waals surface area (Å²) < 4.78 is 5.47. The highest BCUT2D eigenvalue weighted by atomic mass is 16.5. The van der Waals surface area contributed by atoms with Crippen LogP contribution in [-0.2, 0) is 4.74 Å². The molecule has 2 rings (SSSR count). The zero-order chi connectivity index (χ0) is 14.6. The molecule has 0 aromatic heterocycles. The number of hydrogen-bond acceptors (Lipinski definition) is 4. The summed E-state index contributed by atoms with van der Waals surface area (Å²) in [5.41, 5.74) is -0.0729. The van der Waals surface area contributed by atoms with Gasteiger partial charge in [-0.05, 0) is 45.6 Å². The maximum absolute atomic E-state index is 9.90. The van der Waals surface area contributed by atoms with Crippen LogP contribution in [0.3, 0.4) is 0 Å². The highest BCUT2D eigenvalue weighted by Crippen LogP contribution is 2.33. The molecule has 1 heterocycles. The Labute approximate surface area is 123 Å². The number of aliphatic hydroxyl groups excluding tert-OH is 1. The van der Waals surface area contributed by atoms with Gasteiger partial charge in [-0.2, -0.15) is 0 Å². The Morgan fingerprint density at radius 2 is 1.95 bits per heavy atom. The highest BCUT2D eigenvalue weighted by Gasteiger charge is 2.38.